The second-order valence-electron chi connectivity index (χ2n) is 9.91. The number of anilines is 1. The van der Waals surface area contributed by atoms with Gasteiger partial charge in [0.25, 0.3) is 5.89 Å². The van der Waals surface area contributed by atoms with Crippen molar-refractivity contribution in [2.75, 3.05) is 31.7 Å². The highest BCUT2D eigenvalue weighted by Gasteiger charge is 2.33. The predicted octanol–water partition coefficient (Wildman–Crippen LogP) is 5.28. The van der Waals surface area contributed by atoms with Crippen LogP contribution in [0.1, 0.15) is 38.8 Å². The smallest absolute Gasteiger partial charge is 0.422 e. The molecule has 2 aromatic heterocycles. The average molecular weight is 464 g/mol. The maximum atomic E-state index is 12.7. The molecule has 1 N–H and O–H groups in total. The minimum Gasteiger partial charge on any atom is -0.484 e. The first-order valence-electron chi connectivity index (χ1n) is 10.6. The Morgan fingerprint density at radius 3 is 2.45 bits per heavy atom. The molecule has 4 rings (SSSR count). The third-order valence-corrected chi connectivity index (χ3v) is 5.52. The molecule has 1 aromatic carbocycles. The van der Waals surface area contributed by atoms with Gasteiger partial charge in [0.05, 0.1) is 18.7 Å². The molecule has 0 radical (unpaired) electrons. The van der Waals surface area contributed by atoms with Crippen LogP contribution >= 0.6 is 0 Å². The topological polar surface area (TPSA) is 82.3 Å². The van der Waals surface area contributed by atoms with Gasteiger partial charge in [-0.05, 0) is 41.7 Å². The number of halogens is 3. The van der Waals surface area contributed by atoms with E-state index in [2.05, 4.69) is 22.4 Å². The van der Waals surface area contributed by atoms with Crippen LogP contribution in [-0.4, -0.2) is 47.7 Å². The van der Waals surface area contributed by atoms with Crippen molar-refractivity contribution in [3.05, 3.63) is 29.3 Å². The number of nitrogens with one attached hydrogen (secondary N) is 1. The number of alkyl halides is 3. The van der Waals surface area contributed by atoms with Crippen LogP contribution in [0.15, 0.2) is 22.6 Å². The monoisotopic (exact) mass is 464 g/mol. The number of pyridine rings is 1. The zero-order valence-electron chi connectivity index (χ0n) is 19.3. The fourth-order valence-corrected chi connectivity index (χ4v) is 3.63. The molecule has 1 aliphatic heterocycles. The van der Waals surface area contributed by atoms with Crippen molar-refractivity contribution >= 4 is 16.9 Å². The van der Waals surface area contributed by atoms with E-state index in [-0.39, 0.29) is 17.1 Å². The van der Waals surface area contributed by atoms with Gasteiger partial charge in [-0.25, -0.2) is 4.98 Å². The molecule has 0 atom stereocenters. The Labute approximate surface area is 189 Å². The molecule has 33 heavy (non-hydrogen) atoms. The number of hydrogen-bond donors (Lipinski definition) is 1. The summed E-state index contributed by atoms with van der Waals surface area (Å²) in [6.07, 6.45) is -4.42. The van der Waals surface area contributed by atoms with Crippen LogP contribution < -0.4 is 10.1 Å². The highest BCUT2D eigenvalue weighted by Crippen LogP contribution is 2.36. The van der Waals surface area contributed by atoms with E-state index in [4.69, 9.17) is 18.9 Å². The van der Waals surface area contributed by atoms with E-state index in [0.717, 1.165) is 11.1 Å². The number of aryl methyl sites for hydroxylation is 1. The van der Waals surface area contributed by atoms with Crippen LogP contribution in [0.4, 0.5) is 19.2 Å². The Bertz CT molecular complexity index is 1160. The van der Waals surface area contributed by atoms with Crippen molar-refractivity contribution in [3.8, 4) is 17.3 Å². The van der Waals surface area contributed by atoms with E-state index < -0.39 is 18.2 Å². The first-order chi connectivity index (χ1) is 15.3. The first kappa shape index (κ1) is 23.3. The summed E-state index contributed by atoms with van der Waals surface area (Å²) in [6, 6.07) is 5.28. The Kier molecular flexibility index (Phi) is 5.76. The van der Waals surface area contributed by atoms with E-state index >= 15 is 0 Å². The van der Waals surface area contributed by atoms with Crippen LogP contribution in [-0.2, 0) is 10.2 Å². The predicted molar refractivity (Wildman–Crippen MR) is 117 cm³/mol. The van der Waals surface area contributed by atoms with Gasteiger partial charge < -0.3 is 19.2 Å². The summed E-state index contributed by atoms with van der Waals surface area (Å²) in [6.45, 7) is 10.5. The van der Waals surface area contributed by atoms with Crippen molar-refractivity contribution in [1.82, 2.24) is 15.2 Å². The second-order valence-corrected chi connectivity index (χ2v) is 9.91. The number of ether oxygens (including phenoxy) is 2. The number of hydrogen-bond acceptors (Lipinski definition) is 7. The molecule has 1 aliphatic rings. The van der Waals surface area contributed by atoms with Crippen molar-refractivity contribution in [2.45, 2.75) is 46.2 Å². The minimum atomic E-state index is -4.42. The number of aromatic nitrogens is 3. The molecule has 0 saturated carbocycles. The quantitative estimate of drug-likeness (QED) is 0.531. The van der Waals surface area contributed by atoms with Crippen LogP contribution in [0.3, 0.4) is 0 Å². The van der Waals surface area contributed by atoms with Crippen molar-refractivity contribution in [2.24, 2.45) is 5.41 Å². The molecule has 3 heterocycles. The summed E-state index contributed by atoms with van der Waals surface area (Å²) in [5, 5.41) is 12.0. The zero-order chi connectivity index (χ0) is 24.0. The maximum Gasteiger partial charge on any atom is 0.422 e. The molecular formula is C23H27F3N4O3. The third-order valence-electron chi connectivity index (χ3n) is 5.52. The van der Waals surface area contributed by atoms with Crippen molar-refractivity contribution in [1.29, 1.82) is 0 Å². The van der Waals surface area contributed by atoms with E-state index in [0.29, 0.717) is 42.4 Å². The zero-order valence-corrected chi connectivity index (χ0v) is 19.3. The van der Waals surface area contributed by atoms with Gasteiger partial charge in [-0.1, -0.05) is 32.8 Å². The lowest BCUT2D eigenvalue weighted by Gasteiger charge is -2.37. The summed E-state index contributed by atoms with van der Waals surface area (Å²) in [5.41, 5.74) is 2.37. The lowest BCUT2D eigenvalue weighted by atomic mass is 9.84. The van der Waals surface area contributed by atoms with Gasteiger partial charge in [0, 0.05) is 17.3 Å². The largest absolute Gasteiger partial charge is 0.484 e. The normalized spacial score (nSPS) is 16.0. The lowest BCUT2D eigenvalue weighted by molar-refractivity contribution is -0.153. The SMILES string of the molecule is Cc1cc(-c2nnc(NCC3(C)COC3)o2)nc2c(C(C)(C)C)cc(OCC(F)(F)F)cc12. The number of fused-ring (bicyclic) bond motifs is 1. The standard InChI is InChI=1S/C23H27F3N4O3/c1-13-6-17(19-29-30-20(33-19)27-9-22(5)10-31-11-22)28-18-15(13)7-14(32-12-23(24,25)26)8-16(18)21(2,3)4/h6-8H,9-12H2,1-5H3,(H,27,30). The molecule has 7 nitrogen and oxygen atoms in total. The number of nitrogens with zero attached hydrogens (tertiary/aromatic N) is 3. The molecule has 0 aliphatic carbocycles. The molecule has 0 amide bonds. The van der Waals surface area contributed by atoms with E-state index in [9.17, 15) is 13.2 Å². The van der Waals surface area contributed by atoms with Crippen LogP contribution in [0.25, 0.3) is 22.5 Å². The highest BCUT2D eigenvalue weighted by molar-refractivity contribution is 5.89. The molecule has 3 aromatic rings. The Morgan fingerprint density at radius 1 is 1.12 bits per heavy atom. The molecule has 1 saturated heterocycles. The van der Waals surface area contributed by atoms with Gasteiger partial charge in [-0.3, -0.25) is 0 Å². The molecule has 0 unspecified atom stereocenters. The van der Waals surface area contributed by atoms with Gasteiger partial charge >= 0.3 is 12.2 Å². The van der Waals surface area contributed by atoms with E-state index in [1.165, 1.54) is 0 Å². The summed E-state index contributed by atoms with van der Waals surface area (Å²) >= 11 is 0. The van der Waals surface area contributed by atoms with Gasteiger partial charge in [-0.2, -0.15) is 13.2 Å². The number of benzene rings is 1. The summed E-state index contributed by atoms with van der Waals surface area (Å²) in [5.74, 6) is 0.412. The molecule has 0 bridgehead atoms. The highest BCUT2D eigenvalue weighted by atomic mass is 19.4. The number of rotatable bonds is 6. The van der Waals surface area contributed by atoms with Gasteiger partial charge in [0.15, 0.2) is 6.61 Å². The molecule has 1 fully saturated rings. The van der Waals surface area contributed by atoms with Gasteiger partial charge in [-0.15, -0.1) is 5.10 Å². The van der Waals surface area contributed by atoms with Crippen molar-refractivity contribution in [3.63, 3.8) is 0 Å². The molecule has 178 valence electrons. The fraction of sp³-hybridized carbons (Fsp3) is 0.522. The average Bonchev–Trinajstić information content (AvgIpc) is 3.17. The summed E-state index contributed by atoms with van der Waals surface area (Å²) in [4.78, 5) is 4.75. The first-order valence-corrected chi connectivity index (χ1v) is 10.6. The van der Waals surface area contributed by atoms with E-state index in [1.54, 1.807) is 18.2 Å². The lowest BCUT2D eigenvalue weighted by Crippen LogP contribution is -2.45. The van der Waals surface area contributed by atoms with Crippen LogP contribution in [0.5, 0.6) is 5.75 Å². The Hall–Kier alpha value is -2.88. The second kappa shape index (κ2) is 8.16. The van der Waals surface area contributed by atoms with Crippen LogP contribution in [0.2, 0.25) is 0 Å². The minimum absolute atomic E-state index is 0.0416. The summed E-state index contributed by atoms with van der Waals surface area (Å²) < 4.78 is 54.1. The maximum absolute atomic E-state index is 12.7. The fourth-order valence-electron chi connectivity index (χ4n) is 3.63. The Balaban J connectivity index is 1.68. The van der Waals surface area contributed by atoms with Crippen molar-refractivity contribution < 1.29 is 27.1 Å². The molecular weight excluding hydrogens is 437 g/mol. The van der Waals surface area contributed by atoms with Gasteiger partial charge in [0.2, 0.25) is 0 Å². The van der Waals surface area contributed by atoms with Gasteiger partial charge in [0.1, 0.15) is 11.4 Å². The third kappa shape index (κ3) is 5.21. The molecule has 0 spiro atoms. The van der Waals surface area contributed by atoms with Crippen LogP contribution in [0, 0.1) is 12.3 Å². The molecule has 10 heteroatoms. The Morgan fingerprint density at radius 2 is 1.85 bits per heavy atom. The summed E-state index contributed by atoms with van der Waals surface area (Å²) in [7, 11) is 0. The van der Waals surface area contributed by atoms with E-state index in [1.807, 2.05) is 27.7 Å².